The van der Waals surface area contributed by atoms with Crippen molar-refractivity contribution >= 4 is 33.9 Å². The Morgan fingerprint density at radius 3 is 2.54 bits per heavy atom. The average molecular weight is 376 g/mol. The van der Waals surface area contributed by atoms with E-state index in [4.69, 9.17) is 4.63 Å². The molecule has 4 aromatic rings. The fraction of sp³-hybridized carbons (Fsp3) is 0.105. The van der Waals surface area contributed by atoms with Gasteiger partial charge < -0.3 is 10.6 Å². The van der Waals surface area contributed by atoms with Crippen LogP contribution in [-0.2, 0) is 6.42 Å². The van der Waals surface area contributed by atoms with E-state index in [2.05, 4.69) is 25.9 Å². The number of nitro groups is 1. The number of benzene rings is 2. The molecule has 0 fully saturated rings. The predicted octanol–water partition coefficient (Wildman–Crippen LogP) is 3.92. The minimum atomic E-state index is -0.508. The Balaban J connectivity index is 1.67. The van der Waals surface area contributed by atoms with Gasteiger partial charge in [0.05, 0.1) is 10.6 Å². The maximum atomic E-state index is 11.6. The number of hydrogen-bond donors (Lipinski definition) is 2. The second-order valence-electron chi connectivity index (χ2n) is 6.04. The molecule has 140 valence electrons. The first-order valence-electron chi connectivity index (χ1n) is 8.62. The van der Waals surface area contributed by atoms with Gasteiger partial charge in [0.25, 0.3) is 0 Å². The minimum Gasteiger partial charge on any atom is -0.383 e. The molecule has 28 heavy (non-hydrogen) atoms. The molecule has 0 atom stereocenters. The Morgan fingerprint density at radius 1 is 1.00 bits per heavy atom. The van der Waals surface area contributed by atoms with Gasteiger partial charge in [0, 0.05) is 12.7 Å². The van der Waals surface area contributed by atoms with Crippen molar-refractivity contribution in [3.63, 3.8) is 0 Å². The summed E-state index contributed by atoms with van der Waals surface area (Å²) >= 11 is 0. The van der Waals surface area contributed by atoms with E-state index in [9.17, 15) is 10.1 Å². The lowest BCUT2D eigenvalue weighted by molar-refractivity contribution is -0.382. The minimum absolute atomic E-state index is 0.0770. The number of aromatic nitrogens is 3. The van der Waals surface area contributed by atoms with Crippen molar-refractivity contribution in [2.24, 2.45) is 0 Å². The van der Waals surface area contributed by atoms with Crippen molar-refractivity contribution < 1.29 is 9.55 Å². The molecule has 0 saturated carbocycles. The molecular weight excluding hydrogens is 360 g/mol. The molecule has 9 heteroatoms. The van der Waals surface area contributed by atoms with Crippen molar-refractivity contribution in [3.8, 4) is 0 Å². The van der Waals surface area contributed by atoms with Crippen LogP contribution in [0.3, 0.4) is 0 Å². The lowest BCUT2D eigenvalue weighted by atomic mass is 10.1. The van der Waals surface area contributed by atoms with Crippen LogP contribution in [0.4, 0.5) is 22.9 Å². The molecule has 0 aliphatic rings. The smallest absolute Gasteiger partial charge is 0.324 e. The summed E-state index contributed by atoms with van der Waals surface area (Å²) in [7, 11) is 0. The first-order valence-corrected chi connectivity index (χ1v) is 8.62. The van der Waals surface area contributed by atoms with Crippen LogP contribution in [0.15, 0.2) is 65.4 Å². The molecule has 0 radical (unpaired) electrons. The van der Waals surface area contributed by atoms with Gasteiger partial charge in [0.2, 0.25) is 5.52 Å². The Labute approximate surface area is 159 Å². The highest BCUT2D eigenvalue weighted by Crippen LogP contribution is 2.37. The van der Waals surface area contributed by atoms with Crippen LogP contribution in [0, 0.1) is 10.1 Å². The van der Waals surface area contributed by atoms with Crippen molar-refractivity contribution in [1.29, 1.82) is 0 Å². The molecule has 0 saturated heterocycles. The van der Waals surface area contributed by atoms with Crippen LogP contribution >= 0.6 is 0 Å². The van der Waals surface area contributed by atoms with Gasteiger partial charge in [-0.3, -0.25) is 10.1 Å². The average Bonchev–Trinajstić information content (AvgIpc) is 3.19. The number of fused-ring (bicyclic) bond motifs is 1. The molecule has 0 bridgehead atoms. The van der Waals surface area contributed by atoms with Gasteiger partial charge in [-0.15, -0.1) is 0 Å². The number of nitrogens with zero attached hydrogens (tertiary/aromatic N) is 4. The molecule has 0 aliphatic carbocycles. The van der Waals surface area contributed by atoms with E-state index < -0.39 is 4.92 Å². The highest BCUT2D eigenvalue weighted by Gasteiger charge is 2.26. The Hall–Kier alpha value is -4.01. The van der Waals surface area contributed by atoms with E-state index in [-0.39, 0.29) is 16.9 Å². The molecular formula is C19H16N6O3. The second kappa shape index (κ2) is 7.70. The third-order valence-corrected chi connectivity index (χ3v) is 4.19. The van der Waals surface area contributed by atoms with Gasteiger partial charge in [-0.05, 0) is 40.5 Å². The summed E-state index contributed by atoms with van der Waals surface area (Å²) in [5, 5.41) is 25.5. The van der Waals surface area contributed by atoms with Crippen LogP contribution in [0.5, 0.6) is 0 Å². The normalized spacial score (nSPS) is 10.7. The van der Waals surface area contributed by atoms with Crippen LogP contribution < -0.4 is 10.6 Å². The zero-order chi connectivity index (χ0) is 19.3. The van der Waals surface area contributed by atoms with Crippen molar-refractivity contribution in [1.82, 2.24) is 15.3 Å². The lowest BCUT2D eigenvalue weighted by Gasteiger charge is -2.11. The molecule has 0 unspecified atom stereocenters. The first kappa shape index (κ1) is 17.4. The second-order valence-corrected chi connectivity index (χ2v) is 6.04. The Bertz CT molecular complexity index is 1100. The molecule has 0 aliphatic heterocycles. The molecule has 4 rings (SSSR count). The quantitative estimate of drug-likeness (QED) is 0.368. The molecule has 2 heterocycles. The number of anilines is 3. The summed E-state index contributed by atoms with van der Waals surface area (Å²) in [5.74, 6) is 0.483. The summed E-state index contributed by atoms with van der Waals surface area (Å²) in [4.78, 5) is 15.3. The van der Waals surface area contributed by atoms with E-state index in [0.717, 1.165) is 6.42 Å². The van der Waals surface area contributed by atoms with Crippen molar-refractivity contribution in [2.45, 2.75) is 6.42 Å². The van der Waals surface area contributed by atoms with E-state index in [1.54, 1.807) is 30.5 Å². The van der Waals surface area contributed by atoms with Gasteiger partial charge in [-0.25, -0.2) is 9.61 Å². The van der Waals surface area contributed by atoms with Crippen LogP contribution in [-0.4, -0.2) is 26.8 Å². The summed E-state index contributed by atoms with van der Waals surface area (Å²) in [6.07, 6.45) is 2.39. The molecule has 0 amide bonds. The highest BCUT2D eigenvalue weighted by molar-refractivity contribution is 6.00. The zero-order valence-corrected chi connectivity index (χ0v) is 14.7. The largest absolute Gasteiger partial charge is 0.383 e. The zero-order valence-electron chi connectivity index (χ0n) is 14.7. The van der Waals surface area contributed by atoms with Gasteiger partial charge in [0.1, 0.15) is 11.5 Å². The maximum absolute atomic E-state index is 11.6. The fourth-order valence-corrected chi connectivity index (χ4v) is 2.90. The lowest BCUT2D eigenvalue weighted by Crippen LogP contribution is -2.07. The highest BCUT2D eigenvalue weighted by atomic mass is 16.6. The molecule has 2 aromatic heterocycles. The number of nitrogens with one attached hydrogen (secondary N) is 2. The summed E-state index contributed by atoms with van der Waals surface area (Å²) in [6, 6.07) is 16.9. The summed E-state index contributed by atoms with van der Waals surface area (Å²) in [6.45, 7) is 0.618. The standard InChI is InChI=1S/C19H16N6O3/c26-25(27)19-15(22-16-8-4-5-10-21-16)12-14(17-18(19)24-28-23-17)20-11-9-13-6-2-1-3-7-13/h1-8,10,12,20H,9,11H2,(H,21,22). The molecule has 9 nitrogen and oxygen atoms in total. The molecule has 0 spiro atoms. The summed E-state index contributed by atoms with van der Waals surface area (Å²) < 4.78 is 4.78. The third kappa shape index (κ3) is 3.58. The number of pyridine rings is 1. The maximum Gasteiger partial charge on any atom is 0.324 e. The van der Waals surface area contributed by atoms with Crippen LogP contribution in [0.25, 0.3) is 11.0 Å². The van der Waals surface area contributed by atoms with Crippen molar-refractivity contribution in [2.75, 3.05) is 17.2 Å². The summed E-state index contributed by atoms with van der Waals surface area (Å²) in [5.41, 5.74) is 2.21. The van der Waals surface area contributed by atoms with Crippen LogP contribution in [0.1, 0.15) is 5.56 Å². The van der Waals surface area contributed by atoms with E-state index in [1.165, 1.54) is 5.56 Å². The third-order valence-electron chi connectivity index (χ3n) is 4.19. The fourth-order valence-electron chi connectivity index (χ4n) is 2.90. The Morgan fingerprint density at radius 2 is 1.79 bits per heavy atom. The number of hydrogen-bond acceptors (Lipinski definition) is 8. The van der Waals surface area contributed by atoms with E-state index in [1.807, 2.05) is 30.3 Å². The van der Waals surface area contributed by atoms with E-state index in [0.29, 0.717) is 23.6 Å². The SMILES string of the molecule is O=[N+]([O-])c1c(Nc2ccccn2)cc(NCCc2ccccc2)c2nonc12. The molecule has 2 aromatic carbocycles. The van der Waals surface area contributed by atoms with Gasteiger partial charge >= 0.3 is 5.69 Å². The van der Waals surface area contributed by atoms with Crippen LogP contribution in [0.2, 0.25) is 0 Å². The van der Waals surface area contributed by atoms with E-state index >= 15 is 0 Å². The first-order chi connectivity index (χ1) is 13.7. The predicted molar refractivity (Wildman–Crippen MR) is 105 cm³/mol. The Kier molecular flexibility index (Phi) is 4.79. The van der Waals surface area contributed by atoms with Gasteiger partial charge in [-0.2, -0.15) is 0 Å². The van der Waals surface area contributed by atoms with Gasteiger partial charge in [0.15, 0.2) is 5.52 Å². The van der Waals surface area contributed by atoms with Crippen molar-refractivity contribution in [3.05, 3.63) is 76.5 Å². The van der Waals surface area contributed by atoms with Gasteiger partial charge in [-0.1, -0.05) is 36.4 Å². The monoisotopic (exact) mass is 376 g/mol. The number of rotatable bonds is 7. The topological polar surface area (TPSA) is 119 Å². The number of nitro benzene ring substituents is 1. The molecule has 2 N–H and O–H groups in total.